The minimum atomic E-state index is -0.102. The molecular formula is C18H20N4OS. The lowest BCUT2D eigenvalue weighted by Gasteiger charge is -2.16. The van der Waals surface area contributed by atoms with Gasteiger partial charge in [-0.25, -0.2) is 9.97 Å². The Bertz CT molecular complexity index is 847. The molecule has 0 aliphatic carbocycles. The van der Waals surface area contributed by atoms with Crippen LogP contribution in [0.4, 0.5) is 0 Å². The first kappa shape index (κ1) is 16.6. The zero-order valence-electron chi connectivity index (χ0n) is 14.5. The number of aryl methyl sites for hydroxylation is 2. The fourth-order valence-corrected chi connectivity index (χ4v) is 2.96. The maximum atomic E-state index is 5.79. The Labute approximate surface area is 145 Å². The van der Waals surface area contributed by atoms with E-state index in [0.29, 0.717) is 11.1 Å². The summed E-state index contributed by atoms with van der Waals surface area (Å²) in [5, 5.41) is 9.55. The highest BCUT2D eigenvalue weighted by molar-refractivity contribution is 7.99. The number of aromatic nitrogens is 4. The number of benzene rings is 1. The van der Waals surface area contributed by atoms with Crippen LogP contribution >= 0.6 is 11.8 Å². The van der Waals surface area contributed by atoms with Crippen LogP contribution in [-0.4, -0.2) is 20.2 Å². The van der Waals surface area contributed by atoms with E-state index in [0.717, 1.165) is 16.4 Å². The largest absolute Gasteiger partial charge is 0.411 e. The van der Waals surface area contributed by atoms with E-state index in [-0.39, 0.29) is 5.41 Å². The molecule has 2 aromatic heterocycles. The number of hydrogen-bond acceptors (Lipinski definition) is 6. The summed E-state index contributed by atoms with van der Waals surface area (Å²) >= 11 is 1.35. The highest BCUT2D eigenvalue weighted by Gasteiger charge is 2.18. The quantitative estimate of drug-likeness (QED) is 0.650. The normalized spacial score (nSPS) is 11.7. The van der Waals surface area contributed by atoms with E-state index < -0.39 is 0 Å². The minimum Gasteiger partial charge on any atom is -0.411 e. The van der Waals surface area contributed by atoms with Crippen molar-refractivity contribution in [2.24, 2.45) is 0 Å². The third kappa shape index (κ3) is 3.82. The van der Waals surface area contributed by atoms with E-state index in [1.807, 2.05) is 18.2 Å². The highest BCUT2D eigenvalue weighted by Crippen LogP contribution is 2.29. The van der Waals surface area contributed by atoms with Crippen LogP contribution in [0, 0.1) is 13.8 Å². The Morgan fingerprint density at radius 2 is 1.71 bits per heavy atom. The zero-order chi connectivity index (χ0) is 17.3. The van der Waals surface area contributed by atoms with E-state index in [4.69, 9.17) is 4.42 Å². The molecule has 0 aliphatic rings. The standard InChI is InChI=1S/C18H20N4OS/c1-11-8-12(2)10-13(9-11)15-21-22-17(23-15)24-14-6-7-19-16(20-14)18(3,4)5/h6-10H,1-5H3. The van der Waals surface area contributed by atoms with E-state index in [1.165, 1.54) is 22.9 Å². The molecule has 0 spiro atoms. The Kier molecular flexibility index (Phi) is 4.41. The molecule has 24 heavy (non-hydrogen) atoms. The van der Waals surface area contributed by atoms with E-state index in [2.05, 4.69) is 60.9 Å². The fourth-order valence-electron chi connectivity index (χ4n) is 2.32. The topological polar surface area (TPSA) is 64.7 Å². The van der Waals surface area contributed by atoms with Gasteiger partial charge in [-0.3, -0.25) is 0 Å². The van der Waals surface area contributed by atoms with Crippen molar-refractivity contribution in [3.05, 3.63) is 47.4 Å². The Morgan fingerprint density at radius 1 is 1.00 bits per heavy atom. The molecule has 3 aromatic rings. The van der Waals surface area contributed by atoms with Gasteiger partial charge in [0.2, 0.25) is 5.89 Å². The smallest absolute Gasteiger partial charge is 0.283 e. The predicted octanol–water partition coefficient (Wildman–Crippen LogP) is 4.59. The number of nitrogens with zero attached hydrogens (tertiary/aromatic N) is 4. The Balaban J connectivity index is 1.84. The summed E-state index contributed by atoms with van der Waals surface area (Å²) in [7, 11) is 0. The van der Waals surface area contributed by atoms with Crippen molar-refractivity contribution in [2.45, 2.75) is 50.3 Å². The molecule has 0 bridgehead atoms. The highest BCUT2D eigenvalue weighted by atomic mass is 32.2. The first-order chi connectivity index (χ1) is 11.3. The molecule has 0 fully saturated rings. The SMILES string of the molecule is Cc1cc(C)cc(-c2nnc(Sc3ccnc(C(C)(C)C)n3)o2)c1. The summed E-state index contributed by atoms with van der Waals surface area (Å²) < 4.78 is 5.79. The van der Waals surface area contributed by atoms with Gasteiger partial charge in [-0.1, -0.05) is 38.0 Å². The molecule has 0 radical (unpaired) electrons. The zero-order valence-corrected chi connectivity index (χ0v) is 15.3. The molecule has 0 amide bonds. The van der Waals surface area contributed by atoms with Crippen LogP contribution in [0.2, 0.25) is 0 Å². The summed E-state index contributed by atoms with van der Waals surface area (Å²) in [5.74, 6) is 1.32. The van der Waals surface area contributed by atoms with Crippen molar-refractivity contribution < 1.29 is 4.42 Å². The van der Waals surface area contributed by atoms with Crippen LogP contribution in [0.25, 0.3) is 11.5 Å². The second kappa shape index (κ2) is 6.36. The van der Waals surface area contributed by atoms with Crippen molar-refractivity contribution in [3.8, 4) is 11.5 Å². The van der Waals surface area contributed by atoms with Crippen LogP contribution in [0.1, 0.15) is 37.7 Å². The second-order valence-corrected chi connectivity index (χ2v) is 7.79. The molecule has 1 aromatic carbocycles. The van der Waals surface area contributed by atoms with Crippen molar-refractivity contribution in [3.63, 3.8) is 0 Å². The summed E-state index contributed by atoms with van der Waals surface area (Å²) in [4.78, 5) is 8.91. The lowest BCUT2D eigenvalue weighted by Crippen LogP contribution is -2.15. The van der Waals surface area contributed by atoms with E-state index in [9.17, 15) is 0 Å². The molecule has 3 rings (SSSR count). The van der Waals surface area contributed by atoms with Gasteiger partial charge in [0.1, 0.15) is 10.9 Å². The third-order valence-electron chi connectivity index (χ3n) is 3.37. The van der Waals surface area contributed by atoms with Crippen LogP contribution in [0.3, 0.4) is 0 Å². The average molecular weight is 340 g/mol. The minimum absolute atomic E-state index is 0.102. The molecular weight excluding hydrogens is 320 g/mol. The van der Waals surface area contributed by atoms with Gasteiger partial charge in [0.25, 0.3) is 5.22 Å². The molecule has 0 N–H and O–H groups in total. The lowest BCUT2D eigenvalue weighted by atomic mass is 9.96. The van der Waals surface area contributed by atoms with Gasteiger partial charge in [-0.15, -0.1) is 10.2 Å². The van der Waals surface area contributed by atoms with Gasteiger partial charge in [0.05, 0.1) is 0 Å². The average Bonchev–Trinajstić information content (AvgIpc) is 2.94. The van der Waals surface area contributed by atoms with Crippen LogP contribution < -0.4 is 0 Å². The molecule has 2 heterocycles. The maximum absolute atomic E-state index is 5.79. The molecule has 0 saturated carbocycles. The maximum Gasteiger partial charge on any atom is 0.283 e. The summed E-state index contributed by atoms with van der Waals surface area (Å²) in [6.07, 6.45) is 1.76. The molecule has 0 aliphatic heterocycles. The summed E-state index contributed by atoms with van der Waals surface area (Å²) in [6, 6.07) is 8.04. The van der Waals surface area contributed by atoms with Crippen molar-refractivity contribution >= 4 is 11.8 Å². The molecule has 0 saturated heterocycles. The van der Waals surface area contributed by atoms with Gasteiger partial charge in [0.15, 0.2) is 0 Å². The van der Waals surface area contributed by atoms with Crippen LogP contribution in [-0.2, 0) is 5.41 Å². The van der Waals surface area contributed by atoms with Gasteiger partial charge >= 0.3 is 0 Å². The number of hydrogen-bond donors (Lipinski definition) is 0. The molecule has 0 unspecified atom stereocenters. The molecule has 6 heteroatoms. The van der Waals surface area contributed by atoms with Crippen molar-refractivity contribution in [1.29, 1.82) is 0 Å². The first-order valence-corrected chi connectivity index (χ1v) is 8.56. The van der Waals surface area contributed by atoms with Crippen LogP contribution in [0.15, 0.2) is 45.1 Å². The number of rotatable bonds is 3. The van der Waals surface area contributed by atoms with Crippen LogP contribution in [0.5, 0.6) is 0 Å². The molecule has 124 valence electrons. The second-order valence-electron chi connectivity index (χ2n) is 6.82. The van der Waals surface area contributed by atoms with E-state index in [1.54, 1.807) is 6.20 Å². The van der Waals surface area contributed by atoms with Crippen molar-refractivity contribution in [1.82, 2.24) is 20.2 Å². The van der Waals surface area contributed by atoms with Gasteiger partial charge < -0.3 is 4.42 Å². The Hall–Kier alpha value is -2.21. The molecule has 0 atom stereocenters. The van der Waals surface area contributed by atoms with Gasteiger partial charge in [-0.05, 0) is 43.8 Å². The summed E-state index contributed by atoms with van der Waals surface area (Å²) in [6.45, 7) is 10.4. The van der Waals surface area contributed by atoms with Gasteiger partial charge in [-0.2, -0.15) is 0 Å². The van der Waals surface area contributed by atoms with Gasteiger partial charge in [0, 0.05) is 17.2 Å². The van der Waals surface area contributed by atoms with E-state index >= 15 is 0 Å². The third-order valence-corrected chi connectivity index (χ3v) is 4.14. The predicted molar refractivity (Wildman–Crippen MR) is 94.1 cm³/mol. The van der Waals surface area contributed by atoms with Crippen molar-refractivity contribution in [2.75, 3.05) is 0 Å². The fraction of sp³-hybridized carbons (Fsp3) is 0.333. The first-order valence-electron chi connectivity index (χ1n) is 7.75. The summed E-state index contributed by atoms with van der Waals surface area (Å²) in [5.41, 5.74) is 3.17. The Morgan fingerprint density at radius 3 is 2.38 bits per heavy atom. The molecule has 5 nitrogen and oxygen atoms in total. The lowest BCUT2D eigenvalue weighted by molar-refractivity contribution is 0.465. The monoisotopic (exact) mass is 340 g/mol.